The molecular weight excluding hydrogens is 470 g/mol. The molecule has 3 saturated heterocycles. The summed E-state index contributed by atoms with van der Waals surface area (Å²) >= 11 is 0. The van der Waals surface area contributed by atoms with Crippen molar-refractivity contribution in [1.29, 1.82) is 0 Å². The number of carbonyl (C=O) groups is 3. The summed E-state index contributed by atoms with van der Waals surface area (Å²) < 4.78 is 6.49. The molecule has 3 fully saturated rings. The van der Waals surface area contributed by atoms with Gasteiger partial charge in [-0.2, -0.15) is 0 Å². The molecule has 1 aromatic carbocycles. The highest BCUT2D eigenvalue weighted by Crippen LogP contribution is 2.59. The minimum Gasteiger partial charge on any atom is -0.394 e. The van der Waals surface area contributed by atoms with Gasteiger partial charge in [-0.25, -0.2) is 0 Å². The second-order valence-electron chi connectivity index (χ2n) is 12.9. The summed E-state index contributed by atoms with van der Waals surface area (Å²) in [5.41, 5.74) is -0.618. The maximum absolute atomic E-state index is 14.0. The van der Waals surface area contributed by atoms with Gasteiger partial charge in [-0.15, -0.1) is 0 Å². The molecule has 3 heterocycles. The third kappa shape index (κ3) is 5.15. The van der Waals surface area contributed by atoms with Crippen molar-refractivity contribution in [3.05, 3.63) is 35.9 Å². The Labute approximate surface area is 220 Å². The van der Waals surface area contributed by atoms with Crippen LogP contribution in [0.3, 0.4) is 0 Å². The fourth-order valence-corrected chi connectivity index (χ4v) is 7.17. The zero-order valence-corrected chi connectivity index (χ0v) is 23.0. The number of likely N-dealkylation sites (tertiary alicyclic amines) is 1. The van der Waals surface area contributed by atoms with E-state index in [0.717, 1.165) is 12.0 Å². The van der Waals surface area contributed by atoms with E-state index >= 15 is 0 Å². The molecule has 6 atom stereocenters. The second kappa shape index (κ2) is 10.0. The summed E-state index contributed by atoms with van der Waals surface area (Å²) in [5.74, 6) is -2.17. The van der Waals surface area contributed by atoms with Crippen LogP contribution < -0.4 is 10.6 Å². The molecular formula is C29H43N3O5. The summed E-state index contributed by atoms with van der Waals surface area (Å²) in [5, 5.41) is 16.3. The summed E-state index contributed by atoms with van der Waals surface area (Å²) in [6.45, 7) is 12.3. The van der Waals surface area contributed by atoms with Gasteiger partial charge in [0, 0.05) is 12.1 Å². The van der Waals surface area contributed by atoms with Gasteiger partial charge >= 0.3 is 0 Å². The SMILES string of the molecule is CC[C@@H](CO)N1C(=O)[C@@H]2[C@H](C(=O)NCc3ccccc3)[C@@H]3CCC2(O3)C1C(=O)NC(C)(C)CC(C)(C)C. The van der Waals surface area contributed by atoms with Crippen LogP contribution in [0.15, 0.2) is 30.3 Å². The van der Waals surface area contributed by atoms with E-state index in [9.17, 15) is 19.5 Å². The molecule has 8 nitrogen and oxygen atoms in total. The van der Waals surface area contributed by atoms with E-state index in [4.69, 9.17) is 4.74 Å². The number of rotatable bonds is 9. The van der Waals surface area contributed by atoms with E-state index < -0.39 is 41.2 Å². The van der Waals surface area contributed by atoms with Crippen LogP contribution in [0.25, 0.3) is 0 Å². The summed E-state index contributed by atoms with van der Waals surface area (Å²) in [6, 6.07) is 8.22. The minimum atomic E-state index is -1.07. The van der Waals surface area contributed by atoms with Crippen molar-refractivity contribution in [2.45, 2.75) is 103 Å². The number of ether oxygens (including phenoxy) is 1. The largest absolute Gasteiger partial charge is 0.394 e. The first-order chi connectivity index (χ1) is 17.3. The van der Waals surface area contributed by atoms with Gasteiger partial charge in [0.2, 0.25) is 17.7 Å². The third-order valence-electron chi connectivity index (χ3n) is 8.11. The van der Waals surface area contributed by atoms with Gasteiger partial charge in [-0.05, 0) is 50.5 Å². The number of hydrogen-bond acceptors (Lipinski definition) is 5. The zero-order chi connectivity index (χ0) is 27.2. The maximum Gasteiger partial charge on any atom is 0.246 e. The molecule has 3 aliphatic heterocycles. The molecule has 0 saturated carbocycles. The van der Waals surface area contributed by atoms with Gasteiger partial charge in [0.15, 0.2) is 0 Å². The Bertz CT molecular complexity index is 1020. The van der Waals surface area contributed by atoms with E-state index in [2.05, 4.69) is 31.4 Å². The lowest BCUT2D eigenvalue weighted by atomic mass is 9.70. The Hall–Kier alpha value is -2.45. The lowest BCUT2D eigenvalue weighted by Crippen LogP contribution is -2.61. The first-order valence-electron chi connectivity index (χ1n) is 13.6. The van der Waals surface area contributed by atoms with E-state index in [1.54, 1.807) is 0 Å². The van der Waals surface area contributed by atoms with Crippen molar-refractivity contribution >= 4 is 17.7 Å². The molecule has 2 unspecified atom stereocenters. The van der Waals surface area contributed by atoms with E-state index in [0.29, 0.717) is 25.8 Å². The second-order valence-corrected chi connectivity index (χ2v) is 12.9. The van der Waals surface area contributed by atoms with Gasteiger partial charge in [0.25, 0.3) is 0 Å². The quantitative estimate of drug-likeness (QED) is 0.471. The maximum atomic E-state index is 14.0. The van der Waals surface area contributed by atoms with Crippen LogP contribution in [-0.4, -0.2) is 63.7 Å². The molecule has 3 N–H and O–H groups in total. The lowest BCUT2D eigenvalue weighted by Gasteiger charge is -2.40. The summed E-state index contributed by atoms with van der Waals surface area (Å²) in [4.78, 5) is 43.0. The first-order valence-corrected chi connectivity index (χ1v) is 13.6. The van der Waals surface area contributed by atoms with Gasteiger partial charge in [0.05, 0.1) is 30.6 Å². The molecule has 0 aliphatic carbocycles. The van der Waals surface area contributed by atoms with Gasteiger partial charge in [-0.1, -0.05) is 58.0 Å². The van der Waals surface area contributed by atoms with Crippen LogP contribution in [0.4, 0.5) is 0 Å². The Morgan fingerprint density at radius 1 is 1.16 bits per heavy atom. The number of nitrogens with one attached hydrogen (secondary N) is 2. The fourth-order valence-electron chi connectivity index (χ4n) is 7.17. The Morgan fingerprint density at radius 2 is 1.84 bits per heavy atom. The number of hydrogen-bond donors (Lipinski definition) is 3. The van der Waals surface area contributed by atoms with Crippen LogP contribution in [0.2, 0.25) is 0 Å². The van der Waals surface area contributed by atoms with Gasteiger partial charge in [0.1, 0.15) is 11.6 Å². The molecule has 204 valence electrons. The smallest absolute Gasteiger partial charge is 0.246 e. The van der Waals surface area contributed by atoms with Crippen LogP contribution in [0.5, 0.6) is 0 Å². The van der Waals surface area contributed by atoms with Crippen LogP contribution >= 0.6 is 0 Å². The third-order valence-corrected chi connectivity index (χ3v) is 8.11. The lowest BCUT2D eigenvalue weighted by molar-refractivity contribution is -0.146. The van der Waals surface area contributed by atoms with Crippen molar-refractivity contribution in [1.82, 2.24) is 15.5 Å². The van der Waals surface area contributed by atoms with Crippen LogP contribution in [0, 0.1) is 17.3 Å². The number of benzene rings is 1. The van der Waals surface area contributed by atoms with Crippen LogP contribution in [0.1, 0.15) is 72.8 Å². The fraction of sp³-hybridized carbons (Fsp3) is 0.690. The van der Waals surface area contributed by atoms with Gasteiger partial charge in [-0.3, -0.25) is 14.4 Å². The topological polar surface area (TPSA) is 108 Å². The molecule has 1 spiro atoms. The standard InChI is InChI=1S/C29H43N3O5/c1-7-19(16-33)32-23(25(35)31-28(5,6)17-27(2,3)4)29-14-13-20(37-29)21(22(29)26(32)36)24(34)30-15-18-11-9-8-10-12-18/h8-12,19-23,33H,7,13-17H2,1-6H3,(H,30,34)(H,31,35)/t19-,20-,21+,22-,23?,29?/m0/s1. The number of nitrogens with zero attached hydrogens (tertiary/aromatic N) is 1. The Morgan fingerprint density at radius 3 is 2.43 bits per heavy atom. The highest BCUT2D eigenvalue weighted by atomic mass is 16.5. The van der Waals surface area contributed by atoms with Crippen molar-refractivity contribution in [2.24, 2.45) is 17.3 Å². The highest BCUT2D eigenvalue weighted by molar-refractivity contribution is 5.99. The summed E-state index contributed by atoms with van der Waals surface area (Å²) in [7, 11) is 0. The Balaban J connectivity index is 1.63. The van der Waals surface area contributed by atoms with E-state index in [1.807, 2.05) is 51.1 Å². The molecule has 3 amide bonds. The van der Waals surface area contributed by atoms with Crippen molar-refractivity contribution in [3.8, 4) is 0 Å². The zero-order valence-electron chi connectivity index (χ0n) is 23.0. The van der Waals surface area contributed by atoms with E-state index in [1.165, 1.54) is 4.90 Å². The molecule has 8 heteroatoms. The molecule has 4 rings (SSSR count). The van der Waals surface area contributed by atoms with Gasteiger partial charge < -0.3 is 25.4 Å². The molecule has 0 aromatic heterocycles. The highest BCUT2D eigenvalue weighted by Gasteiger charge is 2.75. The monoisotopic (exact) mass is 513 g/mol. The molecule has 37 heavy (non-hydrogen) atoms. The molecule has 2 bridgehead atoms. The summed E-state index contributed by atoms with van der Waals surface area (Å²) in [6.07, 6.45) is 1.99. The first kappa shape index (κ1) is 27.6. The predicted octanol–water partition coefficient (Wildman–Crippen LogP) is 2.78. The number of amides is 3. The molecule has 0 radical (unpaired) electrons. The average molecular weight is 514 g/mol. The normalized spacial score (nSPS) is 29.8. The number of carbonyl (C=O) groups excluding carboxylic acids is 3. The molecule has 1 aromatic rings. The number of fused-ring (bicyclic) bond motifs is 1. The Kier molecular flexibility index (Phi) is 7.47. The predicted molar refractivity (Wildman–Crippen MR) is 140 cm³/mol. The minimum absolute atomic E-state index is 0.00984. The van der Waals surface area contributed by atoms with Crippen molar-refractivity contribution in [3.63, 3.8) is 0 Å². The van der Waals surface area contributed by atoms with E-state index in [-0.39, 0.29) is 29.7 Å². The van der Waals surface area contributed by atoms with Crippen molar-refractivity contribution < 1.29 is 24.2 Å². The van der Waals surface area contributed by atoms with Crippen LogP contribution in [-0.2, 0) is 25.7 Å². The number of aliphatic hydroxyl groups excluding tert-OH is 1. The molecule has 3 aliphatic rings. The average Bonchev–Trinajstić information content (AvgIpc) is 3.45. The van der Waals surface area contributed by atoms with Crippen molar-refractivity contribution in [2.75, 3.05) is 6.61 Å². The number of aliphatic hydroxyl groups is 1.